The van der Waals surface area contributed by atoms with Crippen LogP contribution < -0.4 is 11.1 Å². The molecule has 1 heterocycles. The second kappa shape index (κ2) is 5.62. The standard InChI is InChI=1S/C10H14N2O3S/c1-3-6(11)9(13)12-7-4-5-16-8(7)10(14)15-2/h4-6H,3,11H2,1-2H3,(H,12,13). The molecule has 3 N–H and O–H groups in total. The summed E-state index contributed by atoms with van der Waals surface area (Å²) in [4.78, 5) is 23.2. The van der Waals surface area contributed by atoms with E-state index in [4.69, 9.17) is 5.73 Å². The van der Waals surface area contributed by atoms with Crippen LogP contribution in [0.25, 0.3) is 0 Å². The Morgan fingerprint density at radius 3 is 2.88 bits per heavy atom. The van der Waals surface area contributed by atoms with Gasteiger partial charge in [0.1, 0.15) is 4.88 Å². The van der Waals surface area contributed by atoms with Crippen LogP contribution in [0.1, 0.15) is 23.0 Å². The van der Waals surface area contributed by atoms with Crippen molar-refractivity contribution in [3.63, 3.8) is 0 Å². The summed E-state index contributed by atoms with van der Waals surface area (Å²) in [6, 6.07) is 1.09. The first-order chi connectivity index (χ1) is 7.60. The number of anilines is 1. The smallest absolute Gasteiger partial charge is 0.350 e. The van der Waals surface area contributed by atoms with E-state index in [1.165, 1.54) is 18.4 Å². The average molecular weight is 242 g/mol. The zero-order chi connectivity index (χ0) is 12.1. The highest BCUT2D eigenvalue weighted by atomic mass is 32.1. The molecule has 1 aromatic rings. The molecule has 16 heavy (non-hydrogen) atoms. The van der Waals surface area contributed by atoms with Gasteiger partial charge in [-0.2, -0.15) is 0 Å². The summed E-state index contributed by atoms with van der Waals surface area (Å²) in [5.74, 6) is -0.763. The number of hydrogen-bond acceptors (Lipinski definition) is 5. The molecule has 0 spiro atoms. The maximum absolute atomic E-state index is 11.5. The molecule has 0 aliphatic rings. The average Bonchev–Trinajstić information content (AvgIpc) is 2.74. The Labute approximate surface area is 97.6 Å². The molecule has 0 aliphatic carbocycles. The number of amides is 1. The van der Waals surface area contributed by atoms with Crippen molar-refractivity contribution in [3.8, 4) is 0 Å². The first kappa shape index (κ1) is 12.7. The number of nitrogens with one attached hydrogen (secondary N) is 1. The molecular weight excluding hydrogens is 228 g/mol. The summed E-state index contributed by atoms with van der Waals surface area (Å²) < 4.78 is 4.59. The molecule has 1 atom stereocenters. The highest BCUT2D eigenvalue weighted by Gasteiger charge is 2.17. The summed E-state index contributed by atoms with van der Waals surface area (Å²) in [6.45, 7) is 1.82. The number of rotatable bonds is 4. The minimum absolute atomic E-state index is 0.300. The molecule has 6 heteroatoms. The van der Waals surface area contributed by atoms with E-state index in [1.807, 2.05) is 6.92 Å². The molecule has 0 bridgehead atoms. The Morgan fingerprint density at radius 2 is 2.31 bits per heavy atom. The number of ether oxygens (including phenoxy) is 1. The zero-order valence-corrected chi connectivity index (χ0v) is 9.97. The van der Waals surface area contributed by atoms with Gasteiger partial charge in [-0.25, -0.2) is 4.79 Å². The van der Waals surface area contributed by atoms with Gasteiger partial charge >= 0.3 is 5.97 Å². The van der Waals surface area contributed by atoms with E-state index in [0.717, 1.165) is 0 Å². The number of hydrogen-bond donors (Lipinski definition) is 2. The third-order valence-corrected chi connectivity index (χ3v) is 2.96. The lowest BCUT2D eigenvalue weighted by atomic mass is 10.2. The first-order valence-corrected chi connectivity index (χ1v) is 5.70. The molecule has 88 valence electrons. The predicted molar refractivity (Wildman–Crippen MR) is 62.6 cm³/mol. The molecule has 0 fully saturated rings. The Balaban J connectivity index is 2.78. The highest BCUT2D eigenvalue weighted by Crippen LogP contribution is 2.23. The third kappa shape index (κ3) is 2.80. The van der Waals surface area contributed by atoms with Crippen molar-refractivity contribution in [2.75, 3.05) is 12.4 Å². The van der Waals surface area contributed by atoms with E-state index < -0.39 is 12.0 Å². The normalized spacial score (nSPS) is 11.9. The van der Waals surface area contributed by atoms with Crippen molar-refractivity contribution in [3.05, 3.63) is 16.3 Å². The Morgan fingerprint density at radius 1 is 1.62 bits per heavy atom. The molecule has 1 unspecified atom stereocenters. The van der Waals surface area contributed by atoms with Crippen LogP contribution in [0.5, 0.6) is 0 Å². The van der Waals surface area contributed by atoms with Crippen molar-refractivity contribution < 1.29 is 14.3 Å². The second-order valence-corrected chi connectivity index (χ2v) is 4.08. The summed E-state index contributed by atoms with van der Waals surface area (Å²) in [5, 5.41) is 4.31. The Kier molecular flexibility index (Phi) is 4.45. The SMILES string of the molecule is CCC(N)C(=O)Nc1ccsc1C(=O)OC. The fourth-order valence-electron chi connectivity index (χ4n) is 1.07. The van der Waals surface area contributed by atoms with Gasteiger partial charge in [-0.05, 0) is 17.9 Å². The second-order valence-electron chi connectivity index (χ2n) is 3.16. The van der Waals surface area contributed by atoms with Gasteiger partial charge in [-0.3, -0.25) is 4.79 Å². The van der Waals surface area contributed by atoms with Crippen LogP contribution in [0.15, 0.2) is 11.4 Å². The fourth-order valence-corrected chi connectivity index (χ4v) is 1.84. The van der Waals surface area contributed by atoms with Gasteiger partial charge < -0.3 is 15.8 Å². The summed E-state index contributed by atoms with van der Waals surface area (Å²) in [5.41, 5.74) is 6.02. The number of nitrogens with two attached hydrogens (primary N) is 1. The van der Waals surface area contributed by atoms with E-state index in [-0.39, 0.29) is 5.91 Å². The first-order valence-electron chi connectivity index (χ1n) is 4.82. The fraction of sp³-hybridized carbons (Fsp3) is 0.400. The van der Waals surface area contributed by atoms with Crippen molar-refractivity contribution >= 4 is 28.9 Å². The third-order valence-electron chi connectivity index (χ3n) is 2.07. The van der Waals surface area contributed by atoms with Crippen LogP contribution in [0, 0.1) is 0 Å². The van der Waals surface area contributed by atoms with E-state index in [1.54, 1.807) is 11.4 Å². The van der Waals surface area contributed by atoms with Crippen LogP contribution in [-0.2, 0) is 9.53 Å². The molecule has 0 saturated heterocycles. The van der Waals surface area contributed by atoms with Crippen molar-refractivity contribution in [2.24, 2.45) is 5.73 Å². The Bertz CT molecular complexity index is 389. The minimum atomic E-state index is -0.564. The molecule has 0 aliphatic heterocycles. The Hall–Kier alpha value is -1.40. The molecule has 1 rings (SSSR count). The van der Waals surface area contributed by atoms with E-state index in [2.05, 4.69) is 10.1 Å². The lowest BCUT2D eigenvalue weighted by molar-refractivity contribution is -0.117. The van der Waals surface area contributed by atoms with Gasteiger partial charge in [0.25, 0.3) is 0 Å². The number of methoxy groups -OCH3 is 1. The largest absolute Gasteiger partial charge is 0.465 e. The summed E-state index contributed by atoms with van der Waals surface area (Å²) in [7, 11) is 1.30. The predicted octanol–water partition coefficient (Wildman–Crippen LogP) is 1.21. The molecule has 1 amide bonds. The van der Waals surface area contributed by atoms with Crippen LogP contribution in [-0.4, -0.2) is 25.0 Å². The quantitative estimate of drug-likeness (QED) is 0.777. The number of esters is 1. The van der Waals surface area contributed by atoms with E-state index >= 15 is 0 Å². The van der Waals surface area contributed by atoms with Crippen molar-refractivity contribution in [2.45, 2.75) is 19.4 Å². The van der Waals surface area contributed by atoms with Gasteiger partial charge in [-0.15, -0.1) is 11.3 Å². The number of carbonyl (C=O) groups excluding carboxylic acids is 2. The van der Waals surface area contributed by atoms with Gasteiger partial charge in [0, 0.05) is 0 Å². The van der Waals surface area contributed by atoms with Crippen molar-refractivity contribution in [1.82, 2.24) is 0 Å². The van der Waals surface area contributed by atoms with Crippen LogP contribution in [0.4, 0.5) is 5.69 Å². The van der Waals surface area contributed by atoms with Crippen molar-refractivity contribution in [1.29, 1.82) is 0 Å². The monoisotopic (exact) mass is 242 g/mol. The molecule has 0 saturated carbocycles. The zero-order valence-electron chi connectivity index (χ0n) is 9.15. The highest BCUT2D eigenvalue weighted by molar-refractivity contribution is 7.12. The molecule has 5 nitrogen and oxygen atoms in total. The van der Waals surface area contributed by atoms with Crippen LogP contribution in [0.3, 0.4) is 0 Å². The summed E-state index contributed by atoms with van der Waals surface area (Å²) in [6.07, 6.45) is 0.545. The topological polar surface area (TPSA) is 81.4 Å². The van der Waals surface area contributed by atoms with Crippen LogP contribution in [0.2, 0.25) is 0 Å². The maximum atomic E-state index is 11.5. The molecule has 0 aromatic carbocycles. The maximum Gasteiger partial charge on any atom is 0.350 e. The van der Waals surface area contributed by atoms with Gasteiger partial charge in [-0.1, -0.05) is 6.92 Å². The number of thiophene rings is 1. The lowest BCUT2D eigenvalue weighted by Gasteiger charge is -2.09. The summed E-state index contributed by atoms with van der Waals surface area (Å²) >= 11 is 1.21. The minimum Gasteiger partial charge on any atom is -0.465 e. The molecule has 0 radical (unpaired) electrons. The van der Waals surface area contributed by atoms with Gasteiger partial charge in [0.2, 0.25) is 5.91 Å². The van der Waals surface area contributed by atoms with Gasteiger partial charge in [0.15, 0.2) is 0 Å². The molecule has 1 aromatic heterocycles. The van der Waals surface area contributed by atoms with Crippen LogP contribution >= 0.6 is 11.3 Å². The van der Waals surface area contributed by atoms with E-state index in [9.17, 15) is 9.59 Å². The lowest BCUT2D eigenvalue weighted by Crippen LogP contribution is -2.35. The van der Waals surface area contributed by atoms with Gasteiger partial charge in [0.05, 0.1) is 18.8 Å². The number of carbonyl (C=O) groups is 2. The molecular formula is C10H14N2O3S. The van der Waals surface area contributed by atoms with E-state index in [0.29, 0.717) is 17.0 Å².